The van der Waals surface area contributed by atoms with Gasteiger partial charge in [0.05, 0.1) is 12.7 Å². The van der Waals surface area contributed by atoms with Gasteiger partial charge in [-0.15, -0.1) is 0 Å². The van der Waals surface area contributed by atoms with Gasteiger partial charge in [-0.05, 0) is 41.1 Å². The van der Waals surface area contributed by atoms with Crippen LogP contribution in [0.15, 0.2) is 72.8 Å². The Morgan fingerprint density at radius 2 is 1.30 bits per heavy atom. The van der Waals surface area contributed by atoms with Crippen molar-refractivity contribution in [3.8, 4) is 0 Å². The van der Waals surface area contributed by atoms with E-state index in [2.05, 4.69) is 101 Å². The maximum atomic E-state index is 10.3. The number of allylic oxidation sites excluding steroid dienone is 2. The van der Waals surface area contributed by atoms with Gasteiger partial charge in [0.15, 0.2) is 0 Å². The molecule has 0 radical (unpaired) electrons. The van der Waals surface area contributed by atoms with E-state index in [0.717, 1.165) is 19.3 Å². The zero-order valence-electron chi connectivity index (χ0n) is 21.4. The first-order valence-electron chi connectivity index (χ1n) is 13.0. The Morgan fingerprint density at radius 3 is 1.82 bits per heavy atom. The molecule has 1 unspecified atom stereocenters. The number of aliphatic hydroxyl groups is 1. The Hall–Kier alpha value is -1.68. The third kappa shape index (κ3) is 8.24. The van der Waals surface area contributed by atoms with Crippen molar-refractivity contribution in [3.05, 3.63) is 72.8 Å². The first kappa shape index (κ1) is 27.6. The van der Waals surface area contributed by atoms with Crippen LogP contribution in [0.1, 0.15) is 85.5 Å². The highest BCUT2D eigenvalue weighted by Gasteiger charge is 2.51. The minimum Gasteiger partial charge on any atom is -0.402 e. The van der Waals surface area contributed by atoms with Gasteiger partial charge in [-0.3, -0.25) is 0 Å². The molecule has 2 aromatic rings. The number of rotatable bonds is 15. The van der Waals surface area contributed by atoms with Crippen molar-refractivity contribution in [3.63, 3.8) is 0 Å². The molecule has 1 atom stereocenters. The molecule has 33 heavy (non-hydrogen) atoms. The van der Waals surface area contributed by atoms with E-state index in [1.165, 1.54) is 48.9 Å². The molecule has 0 aromatic heterocycles. The fourth-order valence-corrected chi connectivity index (χ4v) is 9.40. The summed E-state index contributed by atoms with van der Waals surface area (Å²) in [5.41, 5.74) is 0. The molecular formula is C30H46O2Si. The minimum absolute atomic E-state index is 0.0514. The molecule has 0 amide bonds. The highest BCUT2D eigenvalue weighted by molar-refractivity contribution is 6.99. The summed E-state index contributed by atoms with van der Waals surface area (Å²) >= 11 is 0. The van der Waals surface area contributed by atoms with Crippen LogP contribution in [0.5, 0.6) is 0 Å². The van der Waals surface area contributed by atoms with Gasteiger partial charge in [0, 0.05) is 0 Å². The van der Waals surface area contributed by atoms with Gasteiger partial charge in [0.2, 0.25) is 0 Å². The third-order valence-corrected chi connectivity index (χ3v) is 11.6. The highest BCUT2D eigenvalue weighted by atomic mass is 28.4. The zero-order chi connectivity index (χ0) is 24.0. The summed E-state index contributed by atoms with van der Waals surface area (Å²) in [6, 6.07) is 21.4. The molecular weight excluding hydrogens is 420 g/mol. The Kier molecular flexibility index (Phi) is 12.2. The predicted molar refractivity (Wildman–Crippen MR) is 146 cm³/mol. The van der Waals surface area contributed by atoms with Crippen LogP contribution in [-0.2, 0) is 4.43 Å². The van der Waals surface area contributed by atoms with Crippen LogP contribution in [0, 0.1) is 0 Å². The molecule has 0 spiro atoms. The molecule has 3 heteroatoms. The molecule has 2 nitrogen and oxygen atoms in total. The van der Waals surface area contributed by atoms with Gasteiger partial charge in [-0.2, -0.15) is 0 Å². The van der Waals surface area contributed by atoms with Crippen molar-refractivity contribution in [2.45, 2.75) is 96.6 Å². The third-order valence-electron chi connectivity index (χ3n) is 6.51. The van der Waals surface area contributed by atoms with Crippen LogP contribution in [0.3, 0.4) is 0 Å². The highest BCUT2D eigenvalue weighted by Crippen LogP contribution is 2.37. The summed E-state index contributed by atoms with van der Waals surface area (Å²) in [7, 11) is -2.61. The molecule has 0 aliphatic rings. The molecule has 1 N–H and O–H groups in total. The summed E-state index contributed by atoms with van der Waals surface area (Å²) in [4.78, 5) is 0. The van der Waals surface area contributed by atoms with E-state index in [1.54, 1.807) is 0 Å². The molecule has 0 aliphatic heterocycles. The second-order valence-corrected chi connectivity index (χ2v) is 14.4. The molecule has 0 fully saturated rings. The van der Waals surface area contributed by atoms with E-state index in [1.807, 2.05) is 0 Å². The van der Waals surface area contributed by atoms with Crippen molar-refractivity contribution in [2.24, 2.45) is 0 Å². The summed E-state index contributed by atoms with van der Waals surface area (Å²) in [6.07, 6.45) is 15.4. The molecule has 0 bridgehead atoms. The van der Waals surface area contributed by atoms with Gasteiger partial charge >= 0.3 is 0 Å². The lowest BCUT2D eigenvalue weighted by Crippen LogP contribution is -2.68. The molecule has 0 aliphatic carbocycles. The van der Waals surface area contributed by atoms with E-state index in [9.17, 15) is 5.11 Å². The zero-order valence-corrected chi connectivity index (χ0v) is 22.4. The maximum Gasteiger partial charge on any atom is 0.261 e. The Bertz CT molecular complexity index is 740. The maximum absolute atomic E-state index is 10.3. The number of benzene rings is 2. The Balaban J connectivity index is 2.08. The van der Waals surface area contributed by atoms with Crippen molar-refractivity contribution in [1.29, 1.82) is 0 Å². The molecule has 2 rings (SSSR count). The largest absolute Gasteiger partial charge is 0.402 e. The van der Waals surface area contributed by atoms with Gasteiger partial charge in [-0.1, -0.05) is 133 Å². The molecule has 0 heterocycles. The molecule has 182 valence electrons. The average molecular weight is 467 g/mol. The first-order chi connectivity index (χ1) is 16.0. The van der Waals surface area contributed by atoms with Crippen LogP contribution < -0.4 is 10.4 Å². The summed E-state index contributed by atoms with van der Waals surface area (Å²) < 4.78 is 7.06. The van der Waals surface area contributed by atoms with Gasteiger partial charge in [-0.25, -0.2) is 0 Å². The SMILES string of the molecule is CCCCCCCC/C=C\CCC(CO)O[Si](c1ccccc1)(c1ccccc1)C(C)(C)C. The number of aliphatic hydroxyl groups excluding tert-OH is 1. The number of hydrogen-bond donors (Lipinski definition) is 1. The second kappa shape index (κ2) is 14.6. The lowest BCUT2D eigenvalue weighted by Gasteiger charge is -2.45. The van der Waals surface area contributed by atoms with Gasteiger partial charge in [0.1, 0.15) is 0 Å². The number of unbranched alkanes of at least 4 members (excludes halogenated alkanes) is 6. The van der Waals surface area contributed by atoms with E-state index < -0.39 is 8.32 Å². The van der Waals surface area contributed by atoms with Crippen LogP contribution in [0.2, 0.25) is 5.04 Å². The lowest BCUT2D eigenvalue weighted by atomic mass is 10.1. The smallest absolute Gasteiger partial charge is 0.261 e. The van der Waals surface area contributed by atoms with E-state index >= 15 is 0 Å². The normalized spacial score (nSPS) is 13.5. The van der Waals surface area contributed by atoms with Gasteiger partial charge in [0.25, 0.3) is 8.32 Å². The Morgan fingerprint density at radius 1 is 0.788 bits per heavy atom. The fourth-order valence-electron chi connectivity index (χ4n) is 4.69. The molecule has 0 saturated carbocycles. The molecule has 0 saturated heterocycles. The van der Waals surface area contributed by atoms with Crippen molar-refractivity contribution >= 4 is 18.7 Å². The van der Waals surface area contributed by atoms with Crippen LogP contribution in [0.25, 0.3) is 0 Å². The predicted octanol–water partition coefficient (Wildman–Crippen LogP) is 7.01. The summed E-state index contributed by atoms with van der Waals surface area (Å²) in [5, 5.41) is 12.7. The summed E-state index contributed by atoms with van der Waals surface area (Å²) in [6.45, 7) is 9.17. The first-order valence-corrected chi connectivity index (χ1v) is 14.9. The Labute approximate surface area is 204 Å². The second-order valence-electron chi connectivity index (χ2n) is 10.2. The topological polar surface area (TPSA) is 29.5 Å². The summed E-state index contributed by atoms with van der Waals surface area (Å²) in [5.74, 6) is 0. The number of hydrogen-bond acceptors (Lipinski definition) is 2. The monoisotopic (exact) mass is 466 g/mol. The molecule has 2 aromatic carbocycles. The van der Waals surface area contributed by atoms with Crippen molar-refractivity contribution in [1.82, 2.24) is 0 Å². The lowest BCUT2D eigenvalue weighted by molar-refractivity contribution is 0.101. The quantitative estimate of drug-likeness (QED) is 0.174. The van der Waals surface area contributed by atoms with E-state index in [4.69, 9.17) is 4.43 Å². The average Bonchev–Trinajstić information content (AvgIpc) is 2.82. The van der Waals surface area contributed by atoms with Crippen LogP contribution >= 0.6 is 0 Å². The standard InChI is InChI=1S/C30H46O2Si/c1-5-6-7-8-9-10-11-12-13-16-21-27(26-31)32-33(30(2,3)4,28-22-17-14-18-23-28)29-24-19-15-20-25-29/h12-15,17-20,22-25,27,31H,5-11,16,21,26H2,1-4H3/b13-12-. The van der Waals surface area contributed by atoms with E-state index in [-0.39, 0.29) is 17.7 Å². The van der Waals surface area contributed by atoms with Crippen LogP contribution in [0.4, 0.5) is 0 Å². The van der Waals surface area contributed by atoms with Crippen molar-refractivity contribution in [2.75, 3.05) is 6.61 Å². The van der Waals surface area contributed by atoms with Crippen LogP contribution in [-0.4, -0.2) is 26.1 Å². The fraction of sp³-hybridized carbons (Fsp3) is 0.533. The van der Waals surface area contributed by atoms with Crippen molar-refractivity contribution < 1.29 is 9.53 Å². The van der Waals surface area contributed by atoms with E-state index in [0.29, 0.717) is 0 Å². The minimum atomic E-state index is -2.61. The van der Waals surface area contributed by atoms with Gasteiger partial charge < -0.3 is 9.53 Å².